The highest BCUT2D eigenvalue weighted by Gasteiger charge is 2.24. The van der Waals surface area contributed by atoms with E-state index in [1.165, 1.54) is 19.0 Å². The predicted octanol–water partition coefficient (Wildman–Crippen LogP) is 1.36. The summed E-state index contributed by atoms with van der Waals surface area (Å²) < 4.78 is 32.6. The minimum atomic E-state index is -3.50. The molecule has 0 spiro atoms. The van der Waals surface area contributed by atoms with Gasteiger partial charge in [0.1, 0.15) is 0 Å². The molecule has 0 saturated heterocycles. The van der Waals surface area contributed by atoms with Crippen LogP contribution in [-0.2, 0) is 21.3 Å². The molecule has 1 fully saturated rings. The van der Waals surface area contributed by atoms with Gasteiger partial charge >= 0.3 is 0 Å². The number of hydrogen-bond donors (Lipinski definition) is 3. The van der Waals surface area contributed by atoms with Gasteiger partial charge in [0.2, 0.25) is 10.0 Å². The highest BCUT2D eigenvalue weighted by molar-refractivity contribution is 7.89. The van der Waals surface area contributed by atoms with Crippen molar-refractivity contribution >= 4 is 10.0 Å². The molecule has 21 heavy (non-hydrogen) atoms. The number of H-pyrrole nitrogens is 1. The lowest BCUT2D eigenvalue weighted by molar-refractivity contribution is -0.00515. The average molecular weight is 315 g/mol. The van der Waals surface area contributed by atoms with Crippen LogP contribution in [0.4, 0.5) is 0 Å². The molecule has 0 atom stereocenters. The van der Waals surface area contributed by atoms with Crippen LogP contribution in [0.1, 0.15) is 39.3 Å². The molecule has 0 aliphatic heterocycles. The van der Waals surface area contributed by atoms with Gasteiger partial charge in [-0.1, -0.05) is 0 Å². The van der Waals surface area contributed by atoms with E-state index in [1.54, 1.807) is 6.07 Å². The molecule has 7 heteroatoms. The summed E-state index contributed by atoms with van der Waals surface area (Å²) in [5.74, 6) is 0. The molecule has 1 aromatic heterocycles. The minimum Gasteiger partial charge on any atom is -0.375 e. The van der Waals surface area contributed by atoms with Gasteiger partial charge in [0.05, 0.1) is 10.5 Å². The summed E-state index contributed by atoms with van der Waals surface area (Å²) in [6.07, 6.45) is 3.94. The lowest BCUT2D eigenvalue weighted by Crippen LogP contribution is -2.40. The standard InChI is InChI=1S/C14H25N3O3S/c1-4-20-14(2,3)10-17-21(18,19)13-7-12(16-9-13)8-15-11-5-6-11/h7,9,11,15-17H,4-6,8,10H2,1-3H3. The van der Waals surface area contributed by atoms with Gasteiger partial charge in [0, 0.05) is 37.6 Å². The van der Waals surface area contributed by atoms with Crippen molar-refractivity contribution in [1.29, 1.82) is 0 Å². The molecule has 0 unspecified atom stereocenters. The fourth-order valence-electron chi connectivity index (χ4n) is 2.01. The number of nitrogens with one attached hydrogen (secondary N) is 3. The first kappa shape index (κ1) is 16.5. The molecule has 2 rings (SSSR count). The Bertz CT molecular complexity index is 562. The van der Waals surface area contributed by atoms with Gasteiger partial charge in [0.15, 0.2) is 0 Å². The summed E-state index contributed by atoms with van der Waals surface area (Å²) in [5, 5.41) is 3.34. The van der Waals surface area contributed by atoms with E-state index in [-0.39, 0.29) is 11.4 Å². The third-order valence-electron chi connectivity index (χ3n) is 3.41. The van der Waals surface area contributed by atoms with E-state index in [9.17, 15) is 8.42 Å². The summed E-state index contributed by atoms with van der Waals surface area (Å²) >= 11 is 0. The van der Waals surface area contributed by atoms with Crippen molar-refractivity contribution in [3.63, 3.8) is 0 Å². The van der Waals surface area contributed by atoms with E-state index in [1.807, 2.05) is 20.8 Å². The Labute approximate surface area is 126 Å². The van der Waals surface area contributed by atoms with Gasteiger partial charge in [-0.15, -0.1) is 0 Å². The molecule has 0 aromatic carbocycles. The van der Waals surface area contributed by atoms with Crippen LogP contribution in [0.5, 0.6) is 0 Å². The Morgan fingerprint density at radius 1 is 1.43 bits per heavy atom. The van der Waals surface area contributed by atoms with Gasteiger partial charge in [0.25, 0.3) is 0 Å². The van der Waals surface area contributed by atoms with Crippen molar-refractivity contribution in [2.75, 3.05) is 13.2 Å². The summed E-state index contributed by atoms with van der Waals surface area (Å²) in [6.45, 7) is 7.08. The number of sulfonamides is 1. The third-order valence-corrected chi connectivity index (χ3v) is 4.79. The zero-order chi connectivity index (χ0) is 15.5. The van der Waals surface area contributed by atoms with Gasteiger partial charge in [-0.2, -0.15) is 0 Å². The first-order valence-electron chi connectivity index (χ1n) is 7.37. The predicted molar refractivity (Wildman–Crippen MR) is 81.5 cm³/mol. The molecule has 1 aliphatic carbocycles. The number of aromatic nitrogens is 1. The maximum absolute atomic E-state index is 12.2. The molecule has 6 nitrogen and oxygen atoms in total. The Kier molecular flexibility index (Phi) is 5.08. The van der Waals surface area contributed by atoms with E-state index < -0.39 is 15.6 Å². The molecule has 0 amide bonds. The Morgan fingerprint density at radius 2 is 2.14 bits per heavy atom. The maximum Gasteiger partial charge on any atom is 0.242 e. The molecule has 1 aliphatic rings. The number of hydrogen-bond acceptors (Lipinski definition) is 4. The van der Waals surface area contributed by atoms with Crippen LogP contribution >= 0.6 is 0 Å². The van der Waals surface area contributed by atoms with Gasteiger partial charge < -0.3 is 15.0 Å². The first-order chi connectivity index (χ1) is 9.82. The Balaban J connectivity index is 1.92. The third kappa shape index (κ3) is 5.10. The molecular formula is C14H25N3O3S. The lowest BCUT2D eigenvalue weighted by atomic mass is 10.1. The molecular weight excluding hydrogens is 290 g/mol. The average Bonchev–Trinajstić information content (AvgIpc) is 3.10. The summed E-state index contributed by atoms with van der Waals surface area (Å²) in [5.41, 5.74) is 0.362. The highest BCUT2D eigenvalue weighted by atomic mass is 32.2. The van der Waals surface area contributed by atoms with Crippen molar-refractivity contribution in [3.8, 4) is 0 Å². The van der Waals surface area contributed by atoms with Crippen molar-refractivity contribution in [3.05, 3.63) is 18.0 Å². The molecule has 1 saturated carbocycles. The number of ether oxygens (including phenoxy) is 1. The monoisotopic (exact) mass is 315 g/mol. The van der Waals surface area contributed by atoms with Crippen molar-refractivity contribution in [1.82, 2.24) is 15.0 Å². The van der Waals surface area contributed by atoms with Crippen LogP contribution < -0.4 is 10.0 Å². The quantitative estimate of drug-likeness (QED) is 0.642. The topological polar surface area (TPSA) is 83.2 Å². The van der Waals surface area contributed by atoms with E-state index in [2.05, 4.69) is 15.0 Å². The van der Waals surface area contributed by atoms with Crippen molar-refractivity contribution in [2.24, 2.45) is 0 Å². The molecule has 1 heterocycles. The molecule has 3 N–H and O–H groups in total. The van der Waals surface area contributed by atoms with Crippen LogP contribution in [0.25, 0.3) is 0 Å². The van der Waals surface area contributed by atoms with Crippen LogP contribution in [0.15, 0.2) is 17.2 Å². The van der Waals surface area contributed by atoms with Crippen LogP contribution in [-0.4, -0.2) is 38.2 Å². The van der Waals surface area contributed by atoms with Crippen LogP contribution in [0, 0.1) is 0 Å². The van der Waals surface area contributed by atoms with Crippen LogP contribution in [0.2, 0.25) is 0 Å². The maximum atomic E-state index is 12.2. The molecule has 120 valence electrons. The highest BCUT2D eigenvalue weighted by Crippen LogP contribution is 2.19. The second kappa shape index (κ2) is 6.48. The van der Waals surface area contributed by atoms with E-state index in [0.717, 1.165) is 5.69 Å². The fraction of sp³-hybridized carbons (Fsp3) is 0.714. The number of aromatic amines is 1. The minimum absolute atomic E-state index is 0.240. The first-order valence-corrected chi connectivity index (χ1v) is 8.85. The van der Waals surface area contributed by atoms with Crippen molar-refractivity contribution in [2.45, 2.75) is 56.7 Å². The van der Waals surface area contributed by atoms with Crippen LogP contribution in [0.3, 0.4) is 0 Å². The lowest BCUT2D eigenvalue weighted by Gasteiger charge is -2.24. The Morgan fingerprint density at radius 3 is 2.76 bits per heavy atom. The number of rotatable bonds is 9. The summed E-state index contributed by atoms with van der Waals surface area (Å²) in [4.78, 5) is 3.27. The second-order valence-electron chi connectivity index (χ2n) is 6.03. The summed E-state index contributed by atoms with van der Waals surface area (Å²) in [7, 11) is -3.50. The SMILES string of the molecule is CCOC(C)(C)CNS(=O)(=O)c1c[nH]c(CNC2CC2)c1. The zero-order valence-electron chi connectivity index (χ0n) is 12.9. The zero-order valence-corrected chi connectivity index (χ0v) is 13.7. The largest absolute Gasteiger partial charge is 0.375 e. The molecule has 0 bridgehead atoms. The Hall–Kier alpha value is -0.890. The second-order valence-corrected chi connectivity index (χ2v) is 7.80. The van der Waals surface area contributed by atoms with Gasteiger partial charge in [-0.05, 0) is 39.7 Å². The molecule has 1 aromatic rings. The van der Waals surface area contributed by atoms with Gasteiger partial charge in [-0.25, -0.2) is 13.1 Å². The summed E-state index contributed by atoms with van der Waals surface area (Å²) in [6, 6.07) is 2.27. The van der Waals surface area contributed by atoms with E-state index >= 15 is 0 Å². The van der Waals surface area contributed by atoms with Crippen molar-refractivity contribution < 1.29 is 13.2 Å². The van der Waals surface area contributed by atoms with Gasteiger partial charge in [-0.3, -0.25) is 0 Å². The normalized spacial score (nSPS) is 16.3. The van der Waals surface area contributed by atoms with E-state index in [4.69, 9.17) is 4.74 Å². The van der Waals surface area contributed by atoms with E-state index in [0.29, 0.717) is 19.2 Å². The fourth-order valence-corrected chi connectivity index (χ4v) is 3.23. The molecule has 0 radical (unpaired) electrons. The smallest absolute Gasteiger partial charge is 0.242 e.